The first-order valence-electron chi connectivity index (χ1n) is 10.2. The van der Waals surface area contributed by atoms with Gasteiger partial charge < -0.3 is 9.94 Å². The van der Waals surface area contributed by atoms with Crippen LogP contribution in [0, 0.1) is 0 Å². The summed E-state index contributed by atoms with van der Waals surface area (Å²) in [5, 5.41) is 13.0. The average Bonchev–Trinajstić information content (AvgIpc) is 2.80. The maximum absolute atomic E-state index is 12.5. The average molecular weight is 456 g/mol. The number of halogens is 2. The molecule has 3 aromatic rings. The van der Waals surface area contributed by atoms with Crippen molar-refractivity contribution in [3.63, 3.8) is 0 Å². The lowest BCUT2D eigenvalue weighted by atomic mass is 9.76. The van der Waals surface area contributed by atoms with Crippen LogP contribution in [0.5, 0.6) is 0 Å². The second-order valence-electron chi connectivity index (χ2n) is 7.72. The second-order valence-corrected chi connectivity index (χ2v) is 8.53. The Bertz CT molecular complexity index is 1070. The maximum atomic E-state index is 12.5. The van der Waals surface area contributed by atoms with Gasteiger partial charge in [-0.3, -0.25) is 0 Å². The minimum atomic E-state index is -1.33. The summed E-state index contributed by atoms with van der Waals surface area (Å²) < 4.78 is 0. The van der Waals surface area contributed by atoms with E-state index >= 15 is 0 Å². The first-order chi connectivity index (χ1) is 15.0. The Kier molecular flexibility index (Phi) is 6.63. The summed E-state index contributed by atoms with van der Waals surface area (Å²) in [7, 11) is 1.73. The number of aliphatic hydroxyl groups is 1. The van der Waals surface area contributed by atoms with E-state index in [1.807, 2.05) is 36.4 Å². The zero-order valence-corrected chi connectivity index (χ0v) is 18.6. The van der Waals surface area contributed by atoms with E-state index in [-0.39, 0.29) is 12.0 Å². The third kappa shape index (κ3) is 4.63. The Morgan fingerprint density at radius 2 is 1.65 bits per heavy atom. The lowest BCUT2D eigenvalue weighted by Gasteiger charge is -2.36. The molecule has 0 fully saturated rings. The van der Waals surface area contributed by atoms with Gasteiger partial charge in [-0.15, -0.1) is 5.06 Å². The number of rotatable bonds is 5. The summed E-state index contributed by atoms with van der Waals surface area (Å²) >= 11 is 12.4. The molecule has 160 valence electrons. The van der Waals surface area contributed by atoms with Gasteiger partial charge in [0.1, 0.15) is 0 Å². The van der Waals surface area contributed by atoms with Gasteiger partial charge in [0.25, 0.3) is 0 Å². The number of fused-ring (bicyclic) bond motifs is 1. The quantitative estimate of drug-likeness (QED) is 0.473. The topological polar surface area (TPSA) is 49.8 Å². The molecular weight excluding hydrogens is 433 g/mol. The third-order valence-electron chi connectivity index (χ3n) is 5.82. The van der Waals surface area contributed by atoms with Crippen molar-refractivity contribution in [2.24, 2.45) is 0 Å². The van der Waals surface area contributed by atoms with Crippen LogP contribution in [0.1, 0.15) is 53.2 Å². The van der Waals surface area contributed by atoms with Gasteiger partial charge in [-0.1, -0.05) is 83.9 Å². The van der Waals surface area contributed by atoms with E-state index in [0.717, 1.165) is 24.0 Å². The predicted molar refractivity (Wildman–Crippen MR) is 122 cm³/mol. The summed E-state index contributed by atoms with van der Waals surface area (Å²) in [6, 6.07) is 22.6. The Hall–Kier alpha value is -2.37. The van der Waals surface area contributed by atoms with Crippen LogP contribution in [-0.4, -0.2) is 23.2 Å². The largest absolute Gasteiger partial charge is 0.377 e. The molecule has 0 bridgehead atoms. The van der Waals surface area contributed by atoms with Crippen molar-refractivity contribution in [1.29, 1.82) is 0 Å². The molecule has 1 N–H and O–H groups in total. The smallest absolute Gasteiger partial charge is 0.358 e. The summed E-state index contributed by atoms with van der Waals surface area (Å²) in [4.78, 5) is 18.1. The van der Waals surface area contributed by atoms with E-state index in [0.29, 0.717) is 15.6 Å². The van der Waals surface area contributed by atoms with Crippen LogP contribution < -0.4 is 0 Å². The number of nitrogens with zero attached hydrogens (tertiary/aromatic N) is 1. The molecule has 0 spiro atoms. The molecule has 1 aliphatic carbocycles. The fourth-order valence-electron chi connectivity index (χ4n) is 4.25. The van der Waals surface area contributed by atoms with Crippen molar-refractivity contribution in [1.82, 2.24) is 5.06 Å². The maximum Gasteiger partial charge on any atom is 0.358 e. The fraction of sp³-hybridized carbons (Fsp3) is 0.240. The van der Waals surface area contributed by atoms with Crippen molar-refractivity contribution >= 4 is 29.2 Å². The van der Waals surface area contributed by atoms with E-state index in [4.69, 9.17) is 28.0 Å². The van der Waals surface area contributed by atoms with E-state index in [1.165, 1.54) is 5.56 Å². The number of hydrogen-bond acceptors (Lipinski definition) is 4. The molecule has 0 saturated heterocycles. The highest BCUT2D eigenvalue weighted by Gasteiger charge is 2.33. The van der Waals surface area contributed by atoms with Crippen LogP contribution in [0.3, 0.4) is 0 Å². The van der Waals surface area contributed by atoms with Crippen LogP contribution in [-0.2, 0) is 9.63 Å². The Morgan fingerprint density at radius 1 is 0.968 bits per heavy atom. The molecule has 31 heavy (non-hydrogen) atoms. The zero-order valence-electron chi connectivity index (χ0n) is 17.0. The highest BCUT2D eigenvalue weighted by molar-refractivity contribution is 6.42. The second kappa shape index (κ2) is 9.41. The molecule has 4 rings (SSSR count). The third-order valence-corrected chi connectivity index (χ3v) is 6.56. The van der Waals surface area contributed by atoms with Crippen molar-refractivity contribution in [2.45, 2.75) is 30.9 Å². The molecule has 0 heterocycles. The number of carbonyl (C=O) groups excluding carboxylic acids is 1. The van der Waals surface area contributed by atoms with E-state index in [9.17, 15) is 9.90 Å². The standard InChI is InChI=1S/C25H23Cl2NO3/c1-28(31-25(30)24(29)16-7-3-2-4-8-16)23-14-12-18(19-9-5-6-10-20(19)23)17-11-13-21(26)22(27)15-17/h2-11,13,15,18,23-24,29H,12,14H2,1H3/t18?,23?,24-/m1/s1. The molecule has 4 nitrogen and oxygen atoms in total. The molecule has 0 aliphatic heterocycles. The van der Waals surface area contributed by atoms with Crippen molar-refractivity contribution in [3.8, 4) is 0 Å². The Labute approximate surface area is 191 Å². The van der Waals surface area contributed by atoms with Gasteiger partial charge in [-0.05, 0) is 47.2 Å². The molecule has 2 unspecified atom stereocenters. The first-order valence-corrected chi connectivity index (χ1v) is 10.9. The van der Waals surface area contributed by atoms with Crippen LogP contribution in [0.15, 0.2) is 72.8 Å². The molecule has 0 radical (unpaired) electrons. The normalized spacial score (nSPS) is 19.0. The Morgan fingerprint density at radius 3 is 2.35 bits per heavy atom. The zero-order chi connectivity index (χ0) is 22.0. The summed E-state index contributed by atoms with van der Waals surface area (Å²) in [5.74, 6) is -0.515. The molecule has 3 aromatic carbocycles. The minimum Gasteiger partial charge on any atom is -0.377 e. The van der Waals surface area contributed by atoms with Gasteiger partial charge in [-0.25, -0.2) is 4.79 Å². The minimum absolute atomic E-state index is 0.109. The predicted octanol–water partition coefficient (Wildman–Crippen LogP) is 6.08. The monoisotopic (exact) mass is 455 g/mol. The molecule has 6 heteroatoms. The number of benzene rings is 3. The Balaban J connectivity index is 1.55. The van der Waals surface area contributed by atoms with Crippen LogP contribution in [0.25, 0.3) is 0 Å². The SMILES string of the molecule is CN(OC(=O)[C@H](O)c1ccccc1)C1CCC(c2ccc(Cl)c(Cl)c2)c2ccccc21. The summed E-state index contributed by atoms with van der Waals surface area (Å²) in [5.41, 5.74) is 3.88. The number of hydrogen-bond donors (Lipinski definition) is 1. The highest BCUT2D eigenvalue weighted by Crippen LogP contribution is 2.44. The number of hydroxylamine groups is 2. The van der Waals surface area contributed by atoms with Crippen LogP contribution in [0.4, 0.5) is 0 Å². The molecular formula is C25H23Cl2NO3. The van der Waals surface area contributed by atoms with Gasteiger partial charge in [-0.2, -0.15) is 0 Å². The molecule has 0 saturated carbocycles. The summed E-state index contributed by atoms with van der Waals surface area (Å²) in [6.07, 6.45) is 0.321. The number of carbonyl (C=O) groups is 1. The van der Waals surface area contributed by atoms with Gasteiger partial charge in [0.05, 0.1) is 16.1 Å². The van der Waals surface area contributed by atoms with Crippen molar-refractivity contribution in [3.05, 3.63) is 105 Å². The highest BCUT2D eigenvalue weighted by atomic mass is 35.5. The molecule has 1 aliphatic rings. The van der Waals surface area contributed by atoms with E-state index in [2.05, 4.69) is 12.1 Å². The fourth-order valence-corrected chi connectivity index (χ4v) is 4.55. The molecule has 0 amide bonds. The van der Waals surface area contributed by atoms with Crippen LogP contribution >= 0.6 is 23.2 Å². The van der Waals surface area contributed by atoms with E-state index in [1.54, 1.807) is 36.4 Å². The summed E-state index contributed by atoms with van der Waals surface area (Å²) in [6.45, 7) is 0. The first kappa shape index (κ1) is 21.8. The lowest BCUT2D eigenvalue weighted by molar-refractivity contribution is -0.206. The van der Waals surface area contributed by atoms with E-state index < -0.39 is 12.1 Å². The van der Waals surface area contributed by atoms with Crippen molar-refractivity contribution in [2.75, 3.05) is 7.05 Å². The van der Waals surface area contributed by atoms with Gasteiger partial charge in [0.15, 0.2) is 6.10 Å². The number of aliphatic hydroxyl groups excluding tert-OH is 1. The van der Waals surface area contributed by atoms with Gasteiger partial charge >= 0.3 is 5.97 Å². The van der Waals surface area contributed by atoms with Gasteiger partial charge in [0, 0.05) is 13.0 Å². The lowest BCUT2D eigenvalue weighted by Crippen LogP contribution is -2.33. The van der Waals surface area contributed by atoms with Gasteiger partial charge in [0.2, 0.25) is 0 Å². The molecule has 0 aromatic heterocycles. The molecule has 3 atom stereocenters. The van der Waals surface area contributed by atoms with Crippen LogP contribution in [0.2, 0.25) is 10.0 Å². The van der Waals surface area contributed by atoms with Crippen molar-refractivity contribution < 1.29 is 14.7 Å².